The highest BCUT2D eigenvalue weighted by Gasteiger charge is 2.17. The van der Waals surface area contributed by atoms with Crippen LogP contribution in [0.25, 0.3) is 0 Å². The molecule has 1 heterocycles. The fraction of sp³-hybridized carbons (Fsp3) is 0.727. The van der Waals surface area contributed by atoms with Crippen LogP contribution in [0, 0.1) is 6.92 Å². The van der Waals surface area contributed by atoms with Gasteiger partial charge in [0.1, 0.15) is 0 Å². The average Bonchev–Trinajstić information content (AvgIpc) is 2.24. The lowest BCUT2D eigenvalue weighted by atomic mass is 9.95. The second kappa shape index (κ2) is 3.52. The van der Waals surface area contributed by atoms with Gasteiger partial charge in [-0.25, -0.2) is 0 Å². The molecule has 0 aliphatic rings. The molecule has 1 aromatic rings. The second-order valence-corrected chi connectivity index (χ2v) is 4.32. The van der Waals surface area contributed by atoms with Gasteiger partial charge in [-0.2, -0.15) is 5.10 Å². The Morgan fingerprint density at radius 2 is 1.62 bits per heavy atom. The minimum atomic E-state index is 0.559. The highest BCUT2D eigenvalue weighted by Crippen LogP contribution is 2.27. The zero-order chi connectivity index (χ0) is 10.2. The number of rotatable bonds is 2. The standard InChI is InChI=1S/C11H20N2/c1-7(2)10-9(5)12-13(6)11(10)8(3)4/h7-8H,1-6H3. The lowest BCUT2D eigenvalue weighted by molar-refractivity contribution is 0.656. The number of hydrogen-bond acceptors (Lipinski definition) is 1. The van der Waals surface area contributed by atoms with E-state index in [-0.39, 0.29) is 0 Å². The fourth-order valence-electron chi connectivity index (χ4n) is 2.09. The van der Waals surface area contributed by atoms with Crippen LogP contribution in [0.3, 0.4) is 0 Å². The van der Waals surface area contributed by atoms with Crippen molar-refractivity contribution in [2.75, 3.05) is 0 Å². The molecule has 1 rings (SSSR count). The zero-order valence-electron chi connectivity index (χ0n) is 9.55. The van der Waals surface area contributed by atoms with E-state index >= 15 is 0 Å². The first-order chi connectivity index (χ1) is 5.95. The SMILES string of the molecule is Cc1nn(C)c(C(C)C)c1C(C)C. The van der Waals surface area contributed by atoms with E-state index in [0.717, 1.165) is 0 Å². The molecule has 74 valence electrons. The van der Waals surface area contributed by atoms with Gasteiger partial charge in [-0.1, -0.05) is 27.7 Å². The van der Waals surface area contributed by atoms with Crippen molar-refractivity contribution >= 4 is 0 Å². The van der Waals surface area contributed by atoms with Crippen LogP contribution < -0.4 is 0 Å². The Bertz CT molecular complexity index is 267. The highest BCUT2D eigenvalue weighted by atomic mass is 15.3. The minimum Gasteiger partial charge on any atom is -0.272 e. The van der Waals surface area contributed by atoms with Crippen LogP contribution in [-0.4, -0.2) is 9.78 Å². The van der Waals surface area contributed by atoms with E-state index in [4.69, 9.17) is 0 Å². The normalized spacial score (nSPS) is 11.7. The third-order valence-corrected chi connectivity index (χ3v) is 2.44. The molecular formula is C11H20N2. The Kier molecular flexibility index (Phi) is 2.79. The van der Waals surface area contributed by atoms with Crippen LogP contribution in [0.1, 0.15) is 56.5 Å². The molecule has 0 unspecified atom stereocenters. The number of aromatic nitrogens is 2. The Balaban J connectivity index is 3.29. The van der Waals surface area contributed by atoms with Crippen LogP contribution in [-0.2, 0) is 7.05 Å². The first-order valence-electron chi connectivity index (χ1n) is 4.98. The molecule has 0 spiro atoms. The molecule has 0 atom stereocenters. The first-order valence-corrected chi connectivity index (χ1v) is 4.98. The van der Waals surface area contributed by atoms with Crippen LogP contribution >= 0.6 is 0 Å². The van der Waals surface area contributed by atoms with Crippen molar-refractivity contribution in [2.24, 2.45) is 7.05 Å². The Hall–Kier alpha value is -0.790. The van der Waals surface area contributed by atoms with Crippen LogP contribution in [0.15, 0.2) is 0 Å². The summed E-state index contributed by atoms with van der Waals surface area (Å²) in [5, 5.41) is 4.47. The monoisotopic (exact) mass is 180 g/mol. The Morgan fingerprint density at radius 3 is 1.92 bits per heavy atom. The third-order valence-electron chi connectivity index (χ3n) is 2.44. The largest absolute Gasteiger partial charge is 0.272 e. The van der Waals surface area contributed by atoms with E-state index in [9.17, 15) is 0 Å². The zero-order valence-corrected chi connectivity index (χ0v) is 9.55. The van der Waals surface area contributed by atoms with E-state index in [1.165, 1.54) is 17.0 Å². The summed E-state index contributed by atoms with van der Waals surface area (Å²) >= 11 is 0. The van der Waals surface area contributed by atoms with Gasteiger partial charge >= 0.3 is 0 Å². The number of hydrogen-bond donors (Lipinski definition) is 0. The van der Waals surface area contributed by atoms with Crippen molar-refractivity contribution in [1.82, 2.24) is 9.78 Å². The molecule has 0 saturated carbocycles. The van der Waals surface area contributed by atoms with E-state index in [2.05, 4.69) is 39.7 Å². The van der Waals surface area contributed by atoms with Gasteiger partial charge in [-0.05, 0) is 24.3 Å². The molecule has 0 aliphatic carbocycles. The van der Waals surface area contributed by atoms with Crippen LogP contribution in [0.2, 0.25) is 0 Å². The minimum absolute atomic E-state index is 0.559. The first kappa shape index (κ1) is 10.3. The van der Waals surface area contributed by atoms with E-state index in [1.807, 2.05) is 11.7 Å². The van der Waals surface area contributed by atoms with Gasteiger partial charge in [0.05, 0.1) is 5.69 Å². The van der Waals surface area contributed by atoms with Crippen LogP contribution in [0.5, 0.6) is 0 Å². The summed E-state index contributed by atoms with van der Waals surface area (Å²) in [5.74, 6) is 1.13. The molecule has 1 aromatic heterocycles. The Morgan fingerprint density at radius 1 is 1.08 bits per heavy atom. The molecule has 0 saturated heterocycles. The van der Waals surface area contributed by atoms with Crippen molar-refractivity contribution in [3.63, 3.8) is 0 Å². The highest BCUT2D eigenvalue weighted by molar-refractivity contribution is 5.30. The van der Waals surface area contributed by atoms with Gasteiger partial charge < -0.3 is 0 Å². The maximum Gasteiger partial charge on any atom is 0.0631 e. The molecule has 0 bridgehead atoms. The topological polar surface area (TPSA) is 17.8 Å². The molecule has 13 heavy (non-hydrogen) atoms. The third kappa shape index (κ3) is 1.77. The predicted molar refractivity (Wildman–Crippen MR) is 56.1 cm³/mol. The van der Waals surface area contributed by atoms with Crippen molar-refractivity contribution in [2.45, 2.75) is 46.5 Å². The summed E-state index contributed by atoms with van der Waals surface area (Å²) in [6.45, 7) is 11.0. The quantitative estimate of drug-likeness (QED) is 0.684. The summed E-state index contributed by atoms with van der Waals surface area (Å²) in [7, 11) is 2.04. The van der Waals surface area contributed by atoms with Crippen molar-refractivity contribution in [3.8, 4) is 0 Å². The lowest BCUT2D eigenvalue weighted by Gasteiger charge is -2.12. The van der Waals surface area contributed by atoms with E-state index in [1.54, 1.807) is 0 Å². The summed E-state index contributed by atoms with van der Waals surface area (Å²) in [6, 6.07) is 0. The molecule has 0 radical (unpaired) electrons. The molecule has 2 nitrogen and oxygen atoms in total. The van der Waals surface area contributed by atoms with Crippen molar-refractivity contribution in [1.29, 1.82) is 0 Å². The maximum atomic E-state index is 4.47. The fourth-order valence-corrected chi connectivity index (χ4v) is 2.09. The van der Waals surface area contributed by atoms with E-state index < -0.39 is 0 Å². The summed E-state index contributed by atoms with van der Waals surface area (Å²) in [4.78, 5) is 0. The van der Waals surface area contributed by atoms with Gasteiger partial charge in [0.15, 0.2) is 0 Å². The smallest absolute Gasteiger partial charge is 0.0631 e. The summed E-state index contributed by atoms with van der Waals surface area (Å²) < 4.78 is 2.02. The van der Waals surface area contributed by atoms with Crippen molar-refractivity contribution in [3.05, 3.63) is 17.0 Å². The molecule has 0 amide bonds. The molecule has 0 N–H and O–H groups in total. The van der Waals surface area contributed by atoms with Gasteiger partial charge in [-0.3, -0.25) is 4.68 Å². The maximum absolute atomic E-state index is 4.47. The molecule has 0 aromatic carbocycles. The summed E-state index contributed by atoms with van der Waals surface area (Å²) in [6.07, 6.45) is 0. The lowest BCUT2D eigenvalue weighted by Crippen LogP contribution is -2.03. The summed E-state index contributed by atoms with van der Waals surface area (Å²) in [5.41, 5.74) is 3.99. The van der Waals surface area contributed by atoms with Gasteiger partial charge in [-0.15, -0.1) is 0 Å². The number of nitrogens with zero attached hydrogens (tertiary/aromatic N) is 2. The second-order valence-electron chi connectivity index (χ2n) is 4.32. The van der Waals surface area contributed by atoms with Crippen molar-refractivity contribution < 1.29 is 0 Å². The molecule has 0 aliphatic heterocycles. The van der Waals surface area contributed by atoms with E-state index in [0.29, 0.717) is 11.8 Å². The molecule has 2 heteroatoms. The molecule has 0 fully saturated rings. The number of aryl methyl sites for hydroxylation is 2. The van der Waals surface area contributed by atoms with Gasteiger partial charge in [0, 0.05) is 12.7 Å². The average molecular weight is 180 g/mol. The molecular weight excluding hydrogens is 160 g/mol. The van der Waals surface area contributed by atoms with Gasteiger partial charge in [0.25, 0.3) is 0 Å². The predicted octanol–water partition coefficient (Wildman–Crippen LogP) is 2.98. The Labute approximate surface area is 81.0 Å². The van der Waals surface area contributed by atoms with Gasteiger partial charge in [0.2, 0.25) is 0 Å². The van der Waals surface area contributed by atoms with Crippen LogP contribution in [0.4, 0.5) is 0 Å².